The van der Waals surface area contributed by atoms with Crippen LogP contribution in [0.1, 0.15) is 28.8 Å². The van der Waals surface area contributed by atoms with Crippen LogP contribution in [0, 0.1) is 5.92 Å². The predicted molar refractivity (Wildman–Crippen MR) is 105 cm³/mol. The molecule has 2 amide bonds. The first kappa shape index (κ1) is 21.2. The molecule has 1 aliphatic rings. The van der Waals surface area contributed by atoms with E-state index in [-0.39, 0.29) is 34.0 Å². The van der Waals surface area contributed by atoms with Crippen molar-refractivity contribution < 1.29 is 22.8 Å². The van der Waals surface area contributed by atoms with E-state index in [0.29, 0.717) is 32.5 Å². The van der Waals surface area contributed by atoms with E-state index in [1.807, 2.05) is 30.3 Å². The van der Waals surface area contributed by atoms with Gasteiger partial charge in [0.15, 0.2) is 0 Å². The first-order valence-electron chi connectivity index (χ1n) is 9.29. The van der Waals surface area contributed by atoms with Crippen molar-refractivity contribution in [2.75, 3.05) is 13.1 Å². The van der Waals surface area contributed by atoms with Gasteiger partial charge in [-0.15, -0.1) is 0 Å². The highest BCUT2D eigenvalue weighted by molar-refractivity contribution is 8.00. The maximum atomic E-state index is 12.8. The quantitative estimate of drug-likeness (QED) is 0.724. The molecule has 1 heterocycles. The van der Waals surface area contributed by atoms with E-state index in [9.17, 15) is 22.8 Å². The first-order valence-corrected chi connectivity index (χ1v) is 10.1. The number of nitrogens with zero attached hydrogens (tertiary/aromatic N) is 1. The number of carbonyl (C=O) groups excluding carboxylic acids is 2. The molecule has 1 aliphatic heterocycles. The number of benzene rings is 2. The lowest BCUT2D eigenvalue weighted by Crippen LogP contribution is -2.43. The molecule has 3 rings (SSSR count). The van der Waals surface area contributed by atoms with Crippen LogP contribution in [-0.2, 0) is 11.3 Å². The van der Waals surface area contributed by atoms with Crippen LogP contribution in [0.5, 0.6) is 0 Å². The SMILES string of the molecule is O=C(NCc1ccccc1)C1CCN(C(=O)c2ccccc2SC(F)(F)F)CC1. The van der Waals surface area contributed by atoms with Gasteiger partial charge in [-0.1, -0.05) is 42.5 Å². The molecule has 0 aromatic heterocycles. The molecule has 0 aliphatic carbocycles. The fourth-order valence-corrected chi connectivity index (χ4v) is 3.96. The number of alkyl halides is 3. The lowest BCUT2D eigenvalue weighted by atomic mass is 9.95. The normalized spacial score (nSPS) is 15.2. The Bertz CT molecular complexity index is 851. The average molecular weight is 422 g/mol. The van der Waals surface area contributed by atoms with Crippen molar-refractivity contribution in [2.45, 2.75) is 29.8 Å². The van der Waals surface area contributed by atoms with E-state index in [0.717, 1.165) is 5.56 Å². The zero-order valence-corrected chi connectivity index (χ0v) is 16.4. The first-order chi connectivity index (χ1) is 13.8. The van der Waals surface area contributed by atoms with Crippen molar-refractivity contribution in [1.29, 1.82) is 0 Å². The number of rotatable bonds is 5. The summed E-state index contributed by atoms with van der Waals surface area (Å²) >= 11 is -0.282. The van der Waals surface area contributed by atoms with Gasteiger partial charge in [0.2, 0.25) is 5.91 Å². The van der Waals surface area contributed by atoms with E-state index in [2.05, 4.69) is 5.32 Å². The number of thioether (sulfide) groups is 1. The zero-order valence-electron chi connectivity index (χ0n) is 15.6. The Labute approximate surface area is 171 Å². The molecule has 154 valence electrons. The summed E-state index contributed by atoms with van der Waals surface area (Å²) in [6.45, 7) is 1.13. The number of carbonyl (C=O) groups is 2. The minimum Gasteiger partial charge on any atom is -0.352 e. The Hall–Kier alpha value is -2.48. The molecule has 8 heteroatoms. The average Bonchev–Trinajstić information content (AvgIpc) is 2.71. The number of halogens is 3. The molecule has 1 saturated heterocycles. The topological polar surface area (TPSA) is 49.4 Å². The Kier molecular flexibility index (Phi) is 6.84. The van der Waals surface area contributed by atoms with E-state index in [1.54, 1.807) is 6.07 Å². The monoisotopic (exact) mass is 422 g/mol. The van der Waals surface area contributed by atoms with Gasteiger partial charge in [-0.05, 0) is 42.3 Å². The van der Waals surface area contributed by atoms with Crippen LogP contribution < -0.4 is 5.32 Å². The van der Waals surface area contributed by atoms with Crippen LogP contribution >= 0.6 is 11.8 Å². The second kappa shape index (κ2) is 9.35. The fraction of sp³-hybridized carbons (Fsp3) is 0.333. The molecule has 29 heavy (non-hydrogen) atoms. The van der Waals surface area contributed by atoms with Gasteiger partial charge >= 0.3 is 5.51 Å². The van der Waals surface area contributed by atoms with E-state index >= 15 is 0 Å². The summed E-state index contributed by atoms with van der Waals surface area (Å²) in [5.74, 6) is -0.697. The smallest absolute Gasteiger partial charge is 0.352 e. The highest BCUT2D eigenvalue weighted by Gasteiger charge is 2.33. The predicted octanol–water partition coefficient (Wildman–Crippen LogP) is 4.47. The fourth-order valence-electron chi connectivity index (χ4n) is 3.30. The third-order valence-corrected chi connectivity index (χ3v) is 5.61. The molecule has 2 aromatic rings. The van der Waals surface area contributed by atoms with Crippen molar-refractivity contribution in [3.63, 3.8) is 0 Å². The van der Waals surface area contributed by atoms with Gasteiger partial charge in [0.25, 0.3) is 5.91 Å². The van der Waals surface area contributed by atoms with E-state index in [1.165, 1.54) is 23.1 Å². The van der Waals surface area contributed by atoms with Gasteiger partial charge in [-0.25, -0.2) is 0 Å². The van der Waals surface area contributed by atoms with Crippen LogP contribution in [0.2, 0.25) is 0 Å². The van der Waals surface area contributed by atoms with Gasteiger partial charge in [0.1, 0.15) is 0 Å². The molecule has 1 fully saturated rings. The largest absolute Gasteiger partial charge is 0.446 e. The summed E-state index contributed by atoms with van der Waals surface area (Å²) in [5, 5.41) is 2.91. The van der Waals surface area contributed by atoms with Gasteiger partial charge < -0.3 is 10.2 Å². The molecule has 2 aromatic carbocycles. The second-order valence-electron chi connectivity index (χ2n) is 6.81. The zero-order chi connectivity index (χ0) is 20.9. The number of nitrogens with one attached hydrogen (secondary N) is 1. The highest BCUT2D eigenvalue weighted by atomic mass is 32.2. The lowest BCUT2D eigenvalue weighted by molar-refractivity contribution is -0.126. The van der Waals surface area contributed by atoms with Crippen LogP contribution in [0.15, 0.2) is 59.5 Å². The van der Waals surface area contributed by atoms with Crippen LogP contribution in [0.25, 0.3) is 0 Å². The maximum Gasteiger partial charge on any atom is 0.446 e. The minimum atomic E-state index is -4.46. The number of likely N-dealkylation sites (tertiary alicyclic amines) is 1. The van der Waals surface area contributed by atoms with Gasteiger partial charge in [-0.3, -0.25) is 9.59 Å². The summed E-state index contributed by atoms with van der Waals surface area (Å²) in [4.78, 5) is 26.5. The van der Waals surface area contributed by atoms with Crippen molar-refractivity contribution in [1.82, 2.24) is 10.2 Å². The van der Waals surface area contributed by atoms with Crippen LogP contribution in [-0.4, -0.2) is 35.3 Å². The number of hydrogen-bond acceptors (Lipinski definition) is 3. The Morgan fingerprint density at radius 2 is 1.62 bits per heavy atom. The molecule has 0 saturated carbocycles. The summed E-state index contributed by atoms with van der Waals surface area (Å²) < 4.78 is 38.3. The Morgan fingerprint density at radius 1 is 1.00 bits per heavy atom. The summed E-state index contributed by atoms with van der Waals surface area (Å²) in [6, 6.07) is 15.3. The number of piperidine rings is 1. The molecule has 1 N–H and O–H groups in total. The molecule has 4 nitrogen and oxygen atoms in total. The molecule has 0 spiro atoms. The van der Waals surface area contributed by atoms with Gasteiger partial charge in [0, 0.05) is 30.4 Å². The summed E-state index contributed by atoms with van der Waals surface area (Å²) in [5.41, 5.74) is -3.41. The van der Waals surface area contributed by atoms with Crippen LogP contribution in [0.4, 0.5) is 13.2 Å². The second-order valence-corrected chi connectivity index (χ2v) is 7.92. The van der Waals surface area contributed by atoms with Crippen LogP contribution in [0.3, 0.4) is 0 Å². The summed E-state index contributed by atoms with van der Waals surface area (Å²) in [7, 11) is 0. The van der Waals surface area contributed by atoms with E-state index in [4.69, 9.17) is 0 Å². The third-order valence-electron chi connectivity index (χ3n) is 4.81. The molecule has 0 atom stereocenters. The molecule has 0 bridgehead atoms. The lowest BCUT2D eigenvalue weighted by Gasteiger charge is -2.31. The Balaban J connectivity index is 1.55. The van der Waals surface area contributed by atoms with Crippen molar-refractivity contribution >= 4 is 23.6 Å². The highest BCUT2D eigenvalue weighted by Crippen LogP contribution is 2.39. The molecule has 0 unspecified atom stereocenters. The number of amides is 2. The molecular weight excluding hydrogens is 401 g/mol. The van der Waals surface area contributed by atoms with Crippen molar-refractivity contribution in [3.8, 4) is 0 Å². The van der Waals surface area contributed by atoms with Gasteiger partial charge in [0.05, 0.1) is 5.56 Å². The maximum absolute atomic E-state index is 12.8. The summed E-state index contributed by atoms with van der Waals surface area (Å²) in [6.07, 6.45) is 0.974. The third kappa shape index (κ3) is 6.00. The van der Waals surface area contributed by atoms with Gasteiger partial charge in [-0.2, -0.15) is 13.2 Å². The standard InChI is InChI=1S/C21H21F3N2O2S/c22-21(23,24)29-18-9-5-4-8-17(18)20(28)26-12-10-16(11-13-26)19(27)25-14-15-6-2-1-3-7-15/h1-9,16H,10-14H2,(H,25,27). The molecular formula is C21H21F3N2O2S. The van der Waals surface area contributed by atoms with E-state index < -0.39 is 11.4 Å². The Morgan fingerprint density at radius 3 is 2.28 bits per heavy atom. The minimum absolute atomic E-state index is 0.0433. The van der Waals surface area contributed by atoms with Crippen molar-refractivity contribution in [2.24, 2.45) is 5.92 Å². The van der Waals surface area contributed by atoms with Crippen molar-refractivity contribution in [3.05, 3.63) is 65.7 Å². The molecule has 0 radical (unpaired) electrons. The number of hydrogen-bond donors (Lipinski definition) is 1.